The fourth-order valence-electron chi connectivity index (χ4n) is 16.6. The molecule has 4 heteroatoms. The molecular weight excluding hydrogens is 1000 g/mol. The average molecular weight is 1080 g/mol. The van der Waals surface area contributed by atoms with Gasteiger partial charge in [0.25, 0.3) is 6.71 Å². The first-order valence-corrected chi connectivity index (χ1v) is 31.0. The van der Waals surface area contributed by atoms with Crippen molar-refractivity contribution in [3.63, 3.8) is 0 Å². The highest BCUT2D eigenvalue weighted by Crippen LogP contribution is 2.62. The lowest BCUT2D eigenvalue weighted by Crippen LogP contribution is -2.61. The summed E-state index contributed by atoms with van der Waals surface area (Å²) in [7, 11) is 0. The Balaban J connectivity index is 0.984. The van der Waals surface area contributed by atoms with Crippen LogP contribution in [0.4, 0.5) is 45.5 Å². The van der Waals surface area contributed by atoms with E-state index in [9.17, 15) is 0 Å². The number of nitrogens with zero attached hydrogens (tertiary/aromatic N) is 3. The summed E-state index contributed by atoms with van der Waals surface area (Å²) in [6.07, 6.45) is 11.5. The Kier molecular flexibility index (Phi) is 11.7. The lowest BCUT2D eigenvalue weighted by atomic mass is 9.33. The summed E-state index contributed by atoms with van der Waals surface area (Å²) in [6.45, 7) is 24.4. The number of fused-ring (bicyclic) bond motifs is 9. The second-order valence-corrected chi connectivity index (χ2v) is 28.8. The highest BCUT2D eigenvalue weighted by molar-refractivity contribution is 7.00. The quantitative estimate of drug-likeness (QED) is 0.116. The van der Waals surface area contributed by atoms with E-state index in [1.807, 2.05) is 0 Å². The lowest BCUT2D eigenvalue weighted by molar-refractivity contribution is 0.195. The van der Waals surface area contributed by atoms with Gasteiger partial charge >= 0.3 is 0 Å². The molecule has 3 nitrogen and oxygen atoms in total. The van der Waals surface area contributed by atoms with Gasteiger partial charge in [-0.3, -0.25) is 0 Å². The summed E-state index contributed by atoms with van der Waals surface area (Å²) in [5, 5.41) is 0. The molecule has 0 radical (unpaired) electrons. The molecule has 0 N–H and O–H groups in total. The molecule has 15 rings (SSSR count). The standard InChI is InChI=1S/C79H78BN3/c1-51-38-72-74-73(39-51)82(68-35-30-60(75(2,3)4)45-64(68)54-26-18-13-19-27-54)71-46-62(32-33-66(71)80(74)67-43-58-49-77(7,8)50-59(58)44-70(67)81(72)61-31-28-56-47-76(5,6)48-57(56)41-61)83-69-34-29-55(42-65(69)78(9)36-20-21-37-79(78,83)10)63(53-24-16-12-17-25-53)40-52-22-14-11-15-23-52/h11-19,22-35,38-46H,20-21,36-37,47-50H2,1-10H3/b63-40-. The zero-order valence-corrected chi connectivity index (χ0v) is 50.6. The van der Waals surface area contributed by atoms with Gasteiger partial charge in [-0.05, 0) is 225 Å². The van der Waals surface area contributed by atoms with Crippen LogP contribution in [-0.4, -0.2) is 12.3 Å². The molecule has 2 unspecified atom stereocenters. The highest BCUT2D eigenvalue weighted by atomic mass is 15.3. The maximum Gasteiger partial charge on any atom is 0.252 e. The van der Waals surface area contributed by atoms with Gasteiger partial charge in [-0.1, -0.05) is 190 Å². The van der Waals surface area contributed by atoms with Crippen molar-refractivity contribution in [3.05, 3.63) is 244 Å². The maximum atomic E-state index is 2.81. The van der Waals surface area contributed by atoms with E-state index in [1.54, 1.807) is 0 Å². The van der Waals surface area contributed by atoms with Crippen molar-refractivity contribution in [2.75, 3.05) is 14.7 Å². The van der Waals surface area contributed by atoms with Crippen molar-refractivity contribution < 1.29 is 0 Å². The van der Waals surface area contributed by atoms with E-state index in [4.69, 9.17) is 0 Å². The number of anilines is 8. The van der Waals surface area contributed by atoms with Crippen molar-refractivity contribution in [2.45, 2.75) is 137 Å². The molecule has 412 valence electrons. The molecule has 0 spiro atoms. The molecule has 1 fully saturated rings. The van der Waals surface area contributed by atoms with Gasteiger partial charge < -0.3 is 14.7 Å². The van der Waals surface area contributed by atoms with E-state index in [2.05, 4.69) is 278 Å². The van der Waals surface area contributed by atoms with Gasteiger partial charge in [0, 0.05) is 50.8 Å². The maximum absolute atomic E-state index is 2.81. The van der Waals surface area contributed by atoms with E-state index in [-0.39, 0.29) is 33.9 Å². The first-order valence-electron chi connectivity index (χ1n) is 31.0. The highest BCUT2D eigenvalue weighted by Gasteiger charge is 2.58. The summed E-state index contributed by atoms with van der Waals surface area (Å²) >= 11 is 0. The van der Waals surface area contributed by atoms with Gasteiger partial charge in [0.05, 0.1) is 11.2 Å². The van der Waals surface area contributed by atoms with Crippen LogP contribution in [-0.2, 0) is 36.5 Å². The number of rotatable bonds is 7. The van der Waals surface area contributed by atoms with Gasteiger partial charge in [0.2, 0.25) is 0 Å². The van der Waals surface area contributed by atoms with Crippen LogP contribution in [0.15, 0.2) is 188 Å². The van der Waals surface area contributed by atoms with Crippen LogP contribution in [0.3, 0.4) is 0 Å². The molecule has 83 heavy (non-hydrogen) atoms. The first-order chi connectivity index (χ1) is 39.8. The predicted molar refractivity (Wildman–Crippen MR) is 354 cm³/mol. The van der Waals surface area contributed by atoms with Crippen LogP contribution in [0.25, 0.3) is 22.8 Å². The third-order valence-electron chi connectivity index (χ3n) is 20.7. The minimum absolute atomic E-state index is 0.0142. The van der Waals surface area contributed by atoms with Crippen LogP contribution < -0.4 is 31.1 Å². The van der Waals surface area contributed by atoms with Crippen molar-refractivity contribution in [1.82, 2.24) is 0 Å². The van der Waals surface area contributed by atoms with E-state index in [0.29, 0.717) is 0 Å². The summed E-state index contributed by atoms with van der Waals surface area (Å²) in [4.78, 5) is 8.21. The molecule has 9 aromatic rings. The zero-order valence-electron chi connectivity index (χ0n) is 50.6. The van der Waals surface area contributed by atoms with Crippen LogP contribution >= 0.6 is 0 Å². The largest absolute Gasteiger partial charge is 0.334 e. The molecule has 3 aliphatic heterocycles. The second kappa shape index (κ2) is 18.6. The number of hydrogen-bond acceptors (Lipinski definition) is 3. The molecule has 1 saturated carbocycles. The minimum atomic E-state index is -0.169. The van der Waals surface area contributed by atoms with Crippen LogP contribution in [0, 0.1) is 17.8 Å². The molecule has 6 aliphatic rings. The van der Waals surface area contributed by atoms with Crippen molar-refractivity contribution in [3.8, 4) is 11.1 Å². The fourth-order valence-corrected chi connectivity index (χ4v) is 16.6. The molecule has 3 aliphatic carbocycles. The van der Waals surface area contributed by atoms with Crippen LogP contribution in [0.1, 0.15) is 144 Å². The van der Waals surface area contributed by atoms with Crippen LogP contribution in [0.5, 0.6) is 0 Å². The zero-order chi connectivity index (χ0) is 57.0. The Morgan fingerprint density at radius 2 is 1.10 bits per heavy atom. The Morgan fingerprint density at radius 3 is 1.82 bits per heavy atom. The normalized spacial score (nSPS) is 20.5. The van der Waals surface area contributed by atoms with Crippen LogP contribution in [0.2, 0.25) is 0 Å². The van der Waals surface area contributed by atoms with E-state index in [1.165, 1.54) is 147 Å². The topological polar surface area (TPSA) is 9.72 Å². The first kappa shape index (κ1) is 52.0. The van der Waals surface area contributed by atoms with Gasteiger partial charge in [-0.2, -0.15) is 0 Å². The Hall–Kier alpha value is -7.82. The number of hydrogen-bond donors (Lipinski definition) is 0. The molecule has 2 atom stereocenters. The van der Waals surface area contributed by atoms with Gasteiger partial charge in [-0.25, -0.2) is 0 Å². The second-order valence-electron chi connectivity index (χ2n) is 28.8. The molecular formula is C79H78BN3. The number of benzene rings is 9. The SMILES string of the molecule is Cc1cc2c3c(c1)N(c1ccc(C(C)(C)C)cc1-c1ccccc1)c1cc(N4c5ccc(/C(=C\c6ccccc6)c6ccccc6)cc5C5(C)CCCCC45C)ccc1B3c1cc3c(cc1N2c1ccc2c(c1)CC(C)(C)C2)CC(C)(C)C3. The lowest BCUT2D eigenvalue weighted by Gasteiger charge is -2.50. The Bertz CT molecular complexity index is 4140. The molecule has 0 amide bonds. The van der Waals surface area contributed by atoms with E-state index in [0.717, 1.165) is 38.5 Å². The third kappa shape index (κ3) is 8.27. The molecule has 0 bridgehead atoms. The predicted octanol–water partition coefficient (Wildman–Crippen LogP) is 18.6. The Labute approximate surface area is 494 Å². The summed E-state index contributed by atoms with van der Waals surface area (Å²) < 4.78 is 0. The van der Waals surface area contributed by atoms with E-state index >= 15 is 0 Å². The monoisotopic (exact) mass is 1080 g/mol. The minimum Gasteiger partial charge on any atom is -0.334 e. The summed E-state index contributed by atoms with van der Waals surface area (Å²) in [5.74, 6) is 0. The smallest absolute Gasteiger partial charge is 0.252 e. The van der Waals surface area contributed by atoms with Crippen molar-refractivity contribution >= 4 is 80.2 Å². The van der Waals surface area contributed by atoms with Gasteiger partial charge in [0.15, 0.2) is 0 Å². The van der Waals surface area contributed by atoms with Crippen molar-refractivity contribution in [2.24, 2.45) is 10.8 Å². The van der Waals surface area contributed by atoms with Gasteiger partial charge in [0.1, 0.15) is 0 Å². The molecule has 0 aromatic heterocycles. The fraction of sp³-hybridized carbons (Fsp3) is 0.291. The van der Waals surface area contributed by atoms with Gasteiger partial charge in [-0.15, -0.1) is 0 Å². The molecule has 3 heterocycles. The summed E-state index contributed by atoms with van der Waals surface area (Å²) in [5.41, 5.74) is 32.1. The Morgan fingerprint density at radius 1 is 0.482 bits per heavy atom. The van der Waals surface area contributed by atoms with Crippen molar-refractivity contribution in [1.29, 1.82) is 0 Å². The van der Waals surface area contributed by atoms with E-state index < -0.39 is 0 Å². The molecule has 9 aromatic carbocycles. The third-order valence-corrected chi connectivity index (χ3v) is 20.7. The molecule has 0 saturated heterocycles. The number of aryl methyl sites for hydroxylation is 1. The average Bonchev–Trinajstić information content (AvgIpc) is 1.80. The summed E-state index contributed by atoms with van der Waals surface area (Å²) in [6, 6.07) is 73.4.